The summed E-state index contributed by atoms with van der Waals surface area (Å²) < 4.78 is 10.9. The van der Waals surface area contributed by atoms with Gasteiger partial charge in [-0.25, -0.2) is 0 Å². The van der Waals surface area contributed by atoms with E-state index in [9.17, 15) is 9.59 Å². The van der Waals surface area contributed by atoms with E-state index in [1.165, 1.54) is 37.8 Å². The van der Waals surface area contributed by atoms with Gasteiger partial charge in [-0.05, 0) is 37.5 Å². The second-order valence-electron chi connectivity index (χ2n) is 7.01. The quantitative estimate of drug-likeness (QED) is 0.146. The highest BCUT2D eigenvalue weighted by Crippen LogP contribution is 2.34. The van der Waals surface area contributed by atoms with Gasteiger partial charge in [0.15, 0.2) is 5.41 Å². The Morgan fingerprint density at radius 1 is 0.893 bits per heavy atom. The molecule has 1 aromatic rings. The number of halogens is 2. The smallest absolute Gasteiger partial charge is 0.328 e. The molecule has 0 N–H and O–H groups in total. The molecule has 0 atom stereocenters. The molecule has 0 aliphatic rings. The Kier molecular flexibility index (Phi) is 11.6. The van der Waals surface area contributed by atoms with Crippen molar-refractivity contribution in [2.45, 2.75) is 78.6 Å². The molecule has 0 amide bonds. The molecule has 4 nitrogen and oxygen atoms in total. The number of carbonyl (C=O) groups excluding carboxylic acids is 2. The van der Waals surface area contributed by atoms with Crippen molar-refractivity contribution < 1.29 is 19.1 Å². The Morgan fingerprint density at radius 2 is 1.50 bits per heavy atom. The van der Waals surface area contributed by atoms with E-state index < -0.39 is 17.4 Å². The lowest BCUT2D eigenvalue weighted by Gasteiger charge is -2.27. The van der Waals surface area contributed by atoms with E-state index in [-0.39, 0.29) is 10.8 Å². The third-order valence-corrected chi connectivity index (χ3v) is 5.60. The third-order valence-electron chi connectivity index (χ3n) is 5.07. The van der Waals surface area contributed by atoms with Crippen LogP contribution < -0.4 is 4.74 Å². The minimum Gasteiger partial charge on any atom is -0.465 e. The average Bonchev–Trinajstić information content (AvgIpc) is 2.67. The van der Waals surface area contributed by atoms with Crippen LogP contribution in [0.25, 0.3) is 0 Å². The van der Waals surface area contributed by atoms with Crippen molar-refractivity contribution in [3.8, 4) is 5.75 Å². The molecule has 0 radical (unpaired) electrons. The van der Waals surface area contributed by atoms with Crippen LogP contribution in [0.5, 0.6) is 5.75 Å². The average molecular weight is 431 g/mol. The molecule has 0 spiro atoms. The molecule has 0 aliphatic heterocycles. The molecular formula is C22H32Cl2O4. The van der Waals surface area contributed by atoms with Crippen molar-refractivity contribution >= 4 is 35.1 Å². The maximum Gasteiger partial charge on any atom is 0.328 e. The molecule has 0 saturated carbocycles. The van der Waals surface area contributed by atoms with Gasteiger partial charge in [0.05, 0.1) is 11.6 Å². The minimum absolute atomic E-state index is 0.183. The number of esters is 2. The SMILES string of the molecule is CCCCCCCCCOC(=O)C(CC)(CC)C(=O)Oc1ccc(Cl)cc1Cl. The monoisotopic (exact) mass is 430 g/mol. The van der Waals surface area contributed by atoms with Crippen LogP contribution in [0.15, 0.2) is 18.2 Å². The fraction of sp³-hybridized carbons (Fsp3) is 0.636. The van der Waals surface area contributed by atoms with Crippen LogP contribution in [0.1, 0.15) is 78.6 Å². The molecule has 0 saturated heterocycles. The largest absolute Gasteiger partial charge is 0.465 e. The fourth-order valence-electron chi connectivity index (χ4n) is 3.03. The van der Waals surface area contributed by atoms with E-state index in [1.54, 1.807) is 19.9 Å². The van der Waals surface area contributed by atoms with Gasteiger partial charge in [0, 0.05) is 5.02 Å². The van der Waals surface area contributed by atoms with Crippen LogP contribution in [0.4, 0.5) is 0 Å². The normalized spacial score (nSPS) is 11.3. The lowest BCUT2D eigenvalue weighted by molar-refractivity contribution is -0.168. The number of unbranched alkanes of at least 4 members (excludes halogenated alkanes) is 6. The number of hydrogen-bond acceptors (Lipinski definition) is 4. The molecule has 0 fully saturated rings. The summed E-state index contributed by atoms with van der Waals surface area (Å²) in [6.07, 6.45) is 8.52. The molecular weight excluding hydrogens is 399 g/mol. The molecule has 158 valence electrons. The Morgan fingerprint density at radius 3 is 2.07 bits per heavy atom. The Balaban J connectivity index is 2.60. The minimum atomic E-state index is -1.33. The predicted molar refractivity (Wildman–Crippen MR) is 114 cm³/mol. The number of rotatable bonds is 13. The summed E-state index contributed by atoms with van der Waals surface area (Å²) >= 11 is 11.9. The van der Waals surface area contributed by atoms with Gasteiger partial charge >= 0.3 is 11.9 Å². The Labute approximate surface area is 178 Å². The molecule has 28 heavy (non-hydrogen) atoms. The van der Waals surface area contributed by atoms with Gasteiger partial charge in [0.2, 0.25) is 0 Å². The standard InChI is InChI=1S/C22H32Cl2O4/c1-4-7-8-9-10-11-12-15-27-20(25)22(5-2,6-3)21(26)28-19-14-13-17(23)16-18(19)24/h13-14,16H,4-12,15H2,1-3H3. The van der Waals surface area contributed by atoms with Gasteiger partial charge < -0.3 is 9.47 Å². The molecule has 0 aromatic heterocycles. The van der Waals surface area contributed by atoms with Crippen molar-refractivity contribution in [3.05, 3.63) is 28.2 Å². The molecule has 1 rings (SSSR count). The van der Waals surface area contributed by atoms with Gasteiger partial charge in [-0.3, -0.25) is 9.59 Å². The summed E-state index contributed by atoms with van der Waals surface area (Å²) in [7, 11) is 0. The number of carbonyl (C=O) groups is 2. The van der Waals surface area contributed by atoms with Gasteiger partial charge in [0.25, 0.3) is 0 Å². The molecule has 0 aliphatic carbocycles. The second-order valence-corrected chi connectivity index (χ2v) is 7.85. The highest BCUT2D eigenvalue weighted by molar-refractivity contribution is 6.35. The number of benzene rings is 1. The summed E-state index contributed by atoms with van der Waals surface area (Å²) in [4.78, 5) is 25.5. The van der Waals surface area contributed by atoms with E-state index in [0.29, 0.717) is 24.5 Å². The second kappa shape index (κ2) is 13.1. The summed E-state index contributed by atoms with van der Waals surface area (Å²) in [6, 6.07) is 4.58. The molecule has 1 aromatic carbocycles. The van der Waals surface area contributed by atoms with Crippen molar-refractivity contribution in [3.63, 3.8) is 0 Å². The Hall–Kier alpha value is -1.26. The third kappa shape index (κ3) is 7.29. The van der Waals surface area contributed by atoms with E-state index in [2.05, 4.69) is 6.92 Å². The van der Waals surface area contributed by atoms with Gasteiger partial charge in [0.1, 0.15) is 5.75 Å². The summed E-state index contributed by atoms with van der Waals surface area (Å²) in [5.74, 6) is -0.993. The highest BCUT2D eigenvalue weighted by atomic mass is 35.5. The lowest BCUT2D eigenvalue weighted by Crippen LogP contribution is -2.42. The number of hydrogen-bond donors (Lipinski definition) is 0. The van der Waals surface area contributed by atoms with Crippen molar-refractivity contribution in [1.29, 1.82) is 0 Å². The van der Waals surface area contributed by atoms with Crippen LogP contribution in [-0.2, 0) is 14.3 Å². The molecule has 0 unspecified atom stereocenters. The Bertz CT molecular complexity index is 627. The van der Waals surface area contributed by atoms with Gasteiger partial charge in [-0.1, -0.05) is 82.5 Å². The first kappa shape index (κ1) is 24.8. The van der Waals surface area contributed by atoms with E-state index in [0.717, 1.165) is 19.3 Å². The van der Waals surface area contributed by atoms with Gasteiger partial charge in [-0.2, -0.15) is 0 Å². The van der Waals surface area contributed by atoms with Crippen molar-refractivity contribution in [2.24, 2.45) is 5.41 Å². The van der Waals surface area contributed by atoms with Crippen LogP contribution in [0.3, 0.4) is 0 Å². The molecule has 6 heteroatoms. The van der Waals surface area contributed by atoms with E-state index in [4.69, 9.17) is 32.7 Å². The maximum absolute atomic E-state index is 12.8. The van der Waals surface area contributed by atoms with Crippen molar-refractivity contribution in [2.75, 3.05) is 6.61 Å². The van der Waals surface area contributed by atoms with Crippen LogP contribution in [0.2, 0.25) is 10.0 Å². The first-order valence-electron chi connectivity index (χ1n) is 10.3. The number of ether oxygens (including phenoxy) is 2. The molecule has 0 bridgehead atoms. The topological polar surface area (TPSA) is 52.6 Å². The predicted octanol–water partition coefficient (Wildman–Crippen LogP) is 7.00. The summed E-state index contributed by atoms with van der Waals surface area (Å²) in [5.41, 5.74) is -1.33. The first-order chi connectivity index (χ1) is 13.4. The van der Waals surface area contributed by atoms with E-state index in [1.807, 2.05) is 0 Å². The molecule has 0 heterocycles. The van der Waals surface area contributed by atoms with E-state index >= 15 is 0 Å². The lowest BCUT2D eigenvalue weighted by atomic mass is 9.82. The fourth-order valence-corrected chi connectivity index (χ4v) is 3.48. The highest BCUT2D eigenvalue weighted by Gasteiger charge is 2.46. The van der Waals surface area contributed by atoms with Crippen molar-refractivity contribution in [1.82, 2.24) is 0 Å². The maximum atomic E-state index is 12.8. The summed E-state index contributed by atoms with van der Waals surface area (Å²) in [5, 5.41) is 0.662. The van der Waals surface area contributed by atoms with Crippen LogP contribution in [-0.4, -0.2) is 18.5 Å². The first-order valence-corrected chi connectivity index (χ1v) is 11.0. The van der Waals surface area contributed by atoms with Crippen LogP contribution in [0, 0.1) is 5.41 Å². The van der Waals surface area contributed by atoms with Gasteiger partial charge in [-0.15, -0.1) is 0 Å². The zero-order chi connectivity index (χ0) is 21.0. The van der Waals surface area contributed by atoms with Crippen LogP contribution >= 0.6 is 23.2 Å². The summed E-state index contributed by atoms with van der Waals surface area (Å²) in [6.45, 7) is 6.08. The zero-order valence-corrected chi connectivity index (χ0v) is 18.7. The zero-order valence-electron chi connectivity index (χ0n) is 17.2.